The second-order valence-electron chi connectivity index (χ2n) is 4.42. The number of hydrogen-bond donors (Lipinski definition) is 0. The standard InChI is InChI=1S/C15H10BrNO2/c16-14-9-10-4-1-2-7-13(10)15(14)11-5-3-6-12(8-11)17(18)19/h1-8H,9H2. The third-order valence-corrected chi connectivity index (χ3v) is 3.93. The number of nitro groups is 1. The van der Waals surface area contributed by atoms with Gasteiger partial charge in [-0.3, -0.25) is 10.1 Å². The molecule has 0 atom stereocenters. The van der Waals surface area contributed by atoms with Gasteiger partial charge >= 0.3 is 0 Å². The van der Waals surface area contributed by atoms with Crippen LogP contribution < -0.4 is 0 Å². The predicted octanol–water partition coefficient (Wildman–Crippen LogP) is 4.31. The summed E-state index contributed by atoms with van der Waals surface area (Å²) in [6.45, 7) is 0. The highest BCUT2D eigenvalue weighted by Gasteiger charge is 2.21. The topological polar surface area (TPSA) is 43.1 Å². The van der Waals surface area contributed by atoms with Crippen LogP contribution in [0.3, 0.4) is 0 Å². The van der Waals surface area contributed by atoms with Gasteiger partial charge in [-0.1, -0.05) is 52.3 Å². The maximum atomic E-state index is 10.9. The molecule has 0 saturated heterocycles. The van der Waals surface area contributed by atoms with Crippen molar-refractivity contribution < 1.29 is 4.92 Å². The van der Waals surface area contributed by atoms with Crippen molar-refractivity contribution in [2.75, 3.05) is 0 Å². The Morgan fingerprint density at radius 3 is 2.68 bits per heavy atom. The predicted molar refractivity (Wildman–Crippen MR) is 78.2 cm³/mol. The molecule has 0 aliphatic heterocycles. The van der Waals surface area contributed by atoms with Crippen LogP contribution in [0.5, 0.6) is 0 Å². The first kappa shape index (κ1) is 12.1. The van der Waals surface area contributed by atoms with Crippen LogP contribution in [-0.2, 0) is 6.42 Å². The van der Waals surface area contributed by atoms with Gasteiger partial charge in [0.15, 0.2) is 0 Å². The maximum absolute atomic E-state index is 10.9. The van der Waals surface area contributed by atoms with E-state index in [0.29, 0.717) is 0 Å². The third-order valence-electron chi connectivity index (χ3n) is 3.25. The molecule has 0 saturated carbocycles. The molecule has 0 amide bonds. The van der Waals surface area contributed by atoms with Crippen molar-refractivity contribution in [2.45, 2.75) is 6.42 Å². The molecule has 0 aromatic heterocycles. The van der Waals surface area contributed by atoms with Crippen molar-refractivity contribution in [2.24, 2.45) is 0 Å². The van der Waals surface area contributed by atoms with Gasteiger partial charge in [0, 0.05) is 23.0 Å². The van der Waals surface area contributed by atoms with Gasteiger partial charge in [0.2, 0.25) is 0 Å². The lowest BCUT2D eigenvalue weighted by Gasteiger charge is -2.06. The van der Waals surface area contributed by atoms with Crippen molar-refractivity contribution in [3.8, 4) is 0 Å². The Bertz CT molecular complexity index is 707. The fourth-order valence-corrected chi connectivity index (χ4v) is 3.15. The highest BCUT2D eigenvalue weighted by Crippen LogP contribution is 2.40. The number of non-ortho nitro benzene ring substituents is 1. The first-order valence-electron chi connectivity index (χ1n) is 5.88. The lowest BCUT2D eigenvalue weighted by molar-refractivity contribution is -0.384. The summed E-state index contributed by atoms with van der Waals surface area (Å²) >= 11 is 3.59. The maximum Gasteiger partial charge on any atom is 0.270 e. The molecule has 19 heavy (non-hydrogen) atoms. The lowest BCUT2D eigenvalue weighted by Crippen LogP contribution is -1.91. The highest BCUT2D eigenvalue weighted by atomic mass is 79.9. The van der Waals surface area contributed by atoms with Crippen LogP contribution in [0.15, 0.2) is 53.0 Å². The van der Waals surface area contributed by atoms with Gasteiger partial charge in [0.1, 0.15) is 0 Å². The van der Waals surface area contributed by atoms with Crippen molar-refractivity contribution in [3.63, 3.8) is 0 Å². The Hall–Kier alpha value is -1.94. The molecule has 2 aromatic rings. The number of nitrogens with zero attached hydrogens (tertiary/aromatic N) is 1. The van der Waals surface area contributed by atoms with E-state index in [2.05, 4.69) is 28.1 Å². The average molecular weight is 316 g/mol. The van der Waals surface area contributed by atoms with Gasteiger partial charge in [0.25, 0.3) is 5.69 Å². The van der Waals surface area contributed by atoms with Crippen LogP contribution in [-0.4, -0.2) is 4.92 Å². The minimum atomic E-state index is -0.362. The minimum absolute atomic E-state index is 0.120. The van der Waals surface area contributed by atoms with Crippen LogP contribution in [0.1, 0.15) is 16.7 Å². The van der Waals surface area contributed by atoms with E-state index in [1.165, 1.54) is 11.6 Å². The summed E-state index contributed by atoms with van der Waals surface area (Å²) in [4.78, 5) is 10.5. The summed E-state index contributed by atoms with van der Waals surface area (Å²) in [6.07, 6.45) is 0.841. The van der Waals surface area contributed by atoms with Crippen LogP contribution in [0.2, 0.25) is 0 Å². The molecule has 1 aliphatic rings. The molecule has 0 spiro atoms. The molecule has 0 radical (unpaired) electrons. The molecule has 2 aromatic carbocycles. The second-order valence-corrected chi connectivity index (χ2v) is 5.38. The number of nitro benzene ring substituents is 1. The summed E-state index contributed by atoms with van der Waals surface area (Å²) < 4.78 is 1.08. The van der Waals surface area contributed by atoms with E-state index in [4.69, 9.17) is 0 Å². The third kappa shape index (κ3) is 2.08. The number of allylic oxidation sites excluding steroid dienone is 1. The molecule has 3 nitrogen and oxygen atoms in total. The second kappa shape index (κ2) is 4.63. The van der Waals surface area contributed by atoms with Gasteiger partial charge < -0.3 is 0 Å². The molecular weight excluding hydrogens is 306 g/mol. The Balaban J connectivity index is 2.15. The van der Waals surface area contributed by atoms with E-state index in [1.54, 1.807) is 12.1 Å². The Morgan fingerprint density at radius 2 is 1.89 bits per heavy atom. The van der Waals surface area contributed by atoms with Crippen LogP contribution in [0, 0.1) is 10.1 Å². The van der Waals surface area contributed by atoms with E-state index in [1.807, 2.05) is 18.2 Å². The van der Waals surface area contributed by atoms with Crippen LogP contribution >= 0.6 is 15.9 Å². The van der Waals surface area contributed by atoms with Crippen LogP contribution in [0.4, 0.5) is 5.69 Å². The monoisotopic (exact) mass is 315 g/mol. The normalized spacial score (nSPS) is 13.5. The molecule has 0 N–H and O–H groups in total. The summed E-state index contributed by atoms with van der Waals surface area (Å²) in [7, 11) is 0. The fraction of sp³-hybridized carbons (Fsp3) is 0.0667. The Kier molecular flexibility index (Phi) is 2.95. The zero-order valence-corrected chi connectivity index (χ0v) is 11.6. The number of halogens is 1. The lowest BCUT2D eigenvalue weighted by atomic mass is 9.99. The molecule has 4 heteroatoms. The summed E-state index contributed by atoms with van der Waals surface area (Å²) in [5.74, 6) is 0. The quantitative estimate of drug-likeness (QED) is 0.612. The number of rotatable bonds is 2. The number of fused-ring (bicyclic) bond motifs is 1. The zero-order valence-electron chi connectivity index (χ0n) is 9.97. The van der Waals surface area contributed by atoms with Gasteiger partial charge in [-0.25, -0.2) is 0 Å². The van der Waals surface area contributed by atoms with Crippen molar-refractivity contribution in [3.05, 3.63) is 79.8 Å². The molecule has 0 bridgehead atoms. The first-order chi connectivity index (χ1) is 9.16. The fourth-order valence-electron chi connectivity index (χ4n) is 2.41. The molecular formula is C15H10BrNO2. The van der Waals surface area contributed by atoms with E-state index in [-0.39, 0.29) is 10.6 Å². The zero-order chi connectivity index (χ0) is 13.4. The first-order valence-corrected chi connectivity index (χ1v) is 6.68. The van der Waals surface area contributed by atoms with Crippen molar-refractivity contribution >= 4 is 27.2 Å². The van der Waals surface area contributed by atoms with Crippen LogP contribution in [0.25, 0.3) is 5.57 Å². The summed E-state index contributed by atoms with van der Waals surface area (Å²) in [5, 5.41) is 10.9. The van der Waals surface area contributed by atoms with Gasteiger partial charge in [0.05, 0.1) is 4.92 Å². The van der Waals surface area contributed by atoms with E-state index >= 15 is 0 Å². The molecule has 94 valence electrons. The average Bonchev–Trinajstić information content (AvgIpc) is 2.74. The van der Waals surface area contributed by atoms with Crippen molar-refractivity contribution in [1.82, 2.24) is 0 Å². The molecule has 1 aliphatic carbocycles. The summed E-state index contributed by atoms with van der Waals surface area (Å²) in [5.41, 5.74) is 4.45. The largest absolute Gasteiger partial charge is 0.270 e. The van der Waals surface area contributed by atoms with Crippen molar-refractivity contribution in [1.29, 1.82) is 0 Å². The smallest absolute Gasteiger partial charge is 0.258 e. The summed E-state index contributed by atoms with van der Waals surface area (Å²) in [6, 6.07) is 14.9. The number of benzene rings is 2. The number of hydrogen-bond acceptors (Lipinski definition) is 2. The molecule has 0 heterocycles. The van der Waals surface area contributed by atoms with E-state index in [9.17, 15) is 10.1 Å². The SMILES string of the molecule is O=[N+]([O-])c1cccc(C2=C(Br)Cc3ccccc32)c1. The Labute approximate surface area is 118 Å². The Morgan fingerprint density at radius 1 is 1.11 bits per heavy atom. The van der Waals surface area contributed by atoms with Gasteiger partial charge in [-0.15, -0.1) is 0 Å². The highest BCUT2D eigenvalue weighted by molar-refractivity contribution is 9.11. The van der Waals surface area contributed by atoms with E-state index in [0.717, 1.165) is 27.6 Å². The van der Waals surface area contributed by atoms with E-state index < -0.39 is 0 Å². The molecule has 0 unspecified atom stereocenters. The minimum Gasteiger partial charge on any atom is -0.258 e. The van der Waals surface area contributed by atoms with Gasteiger partial charge in [-0.05, 0) is 22.3 Å². The van der Waals surface area contributed by atoms with Gasteiger partial charge in [-0.2, -0.15) is 0 Å². The molecule has 3 rings (SSSR count). The molecule has 0 fully saturated rings.